The summed E-state index contributed by atoms with van der Waals surface area (Å²) in [4.78, 5) is 34.4. The molecule has 6 nitrogen and oxygen atoms in total. The molecule has 1 aromatic rings. The second-order valence-corrected chi connectivity index (χ2v) is 3.27. The maximum atomic E-state index is 10.9. The van der Waals surface area contributed by atoms with Gasteiger partial charge in [0.2, 0.25) is 0 Å². The summed E-state index contributed by atoms with van der Waals surface area (Å²) in [5, 5.41) is 0. The van der Waals surface area contributed by atoms with Gasteiger partial charge in [0, 0.05) is 25.7 Å². The number of hydrogen-bond acceptors (Lipinski definition) is 6. The summed E-state index contributed by atoms with van der Waals surface area (Å²) in [7, 11) is 1.35. The molecule has 6 heteroatoms. The molecular formula is C12H15NO5. The van der Waals surface area contributed by atoms with Crippen LogP contribution in [-0.2, 0) is 19.1 Å². The van der Waals surface area contributed by atoms with Crippen LogP contribution < -0.4 is 0 Å². The lowest BCUT2D eigenvalue weighted by Gasteiger charge is -1.97. The summed E-state index contributed by atoms with van der Waals surface area (Å²) in [6.45, 7) is 4.23. The molecule has 0 spiro atoms. The highest BCUT2D eigenvalue weighted by atomic mass is 16.6. The number of nitrogens with zero attached hydrogens (tertiary/aromatic N) is 1. The van der Waals surface area contributed by atoms with Crippen LogP contribution in [0.4, 0.5) is 0 Å². The minimum atomic E-state index is -0.562. The van der Waals surface area contributed by atoms with Crippen molar-refractivity contribution in [1.82, 2.24) is 4.98 Å². The van der Waals surface area contributed by atoms with E-state index in [4.69, 9.17) is 0 Å². The molecular weight excluding hydrogens is 238 g/mol. The van der Waals surface area contributed by atoms with E-state index in [0.717, 1.165) is 5.69 Å². The van der Waals surface area contributed by atoms with Crippen LogP contribution in [0.2, 0.25) is 0 Å². The Morgan fingerprint density at radius 2 is 1.67 bits per heavy atom. The van der Waals surface area contributed by atoms with Gasteiger partial charge in [-0.3, -0.25) is 14.6 Å². The minimum Gasteiger partial charge on any atom is -0.465 e. The standard InChI is InChI=1S/C8H9NO2.C4H6O3/c1-6-3-4-7(5-9-6)8(10)11-2;1-3(5)7-4(2)6/h3-5H,1-2H3;1-2H3. The first kappa shape index (κ1) is 15.8. The summed E-state index contributed by atoms with van der Waals surface area (Å²) in [6, 6.07) is 3.46. The van der Waals surface area contributed by atoms with E-state index in [1.54, 1.807) is 12.1 Å². The molecule has 0 saturated heterocycles. The number of aromatic nitrogens is 1. The van der Waals surface area contributed by atoms with Crippen molar-refractivity contribution in [2.24, 2.45) is 0 Å². The zero-order valence-electron chi connectivity index (χ0n) is 10.7. The molecule has 1 heterocycles. The topological polar surface area (TPSA) is 82.6 Å². The summed E-state index contributed by atoms with van der Waals surface area (Å²) in [5.74, 6) is -1.47. The molecule has 0 radical (unpaired) electrons. The normalized spacial score (nSPS) is 8.67. The minimum absolute atomic E-state index is 0.350. The molecule has 0 aliphatic carbocycles. The third-order valence-corrected chi connectivity index (χ3v) is 1.62. The number of aryl methyl sites for hydroxylation is 1. The van der Waals surface area contributed by atoms with Gasteiger partial charge < -0.3 is 9.47 Å². The maximum Gasteiger partial charge on any atom is 0.339 e. The Labute approximate surface area is 105 Å². The predicted molar refractivity (Wildman–Crippen MR) is 62.8 cm³/mol. The largest absolute Gasteiger partial charge is 0.465 e. The van der Waals surface area contributed by atoms with Crippen LogP contribution in [-0.4, -0.2) is 30.0 Å². The van der Waals surface area contributed by atoms with E-state index in [2.05, 4.69) is 14.5 Å². The van der Waals surface area contributed by atoms with Gasteiger partial charge in [0.1, 0.15) is 0 Å². The first-order valence-electron chi connectivity index (χ1n) is 5.06. The third-order valence-electron chi connectivity index (χ3n) is 1.62. The van der Waals surface area contributed by atoms with Crippen molar-refractivity contribution in [2.45, 2.75) is 20.8 Å². The molecule has 0 fully saturated rings. The zero-order valence-corrected chi connectivity index (χ0v) is 10.7. The highest BCUT2D eigenvalue weighted by molar-refractivity contribution is 5.88. The Morgan fingerprint density at radius 1 is 1.11 bits per heavy atom. The first-order valence-corrected chi connectivity index (χ1v) is 5.06. The lowest BCUT2D eigenvalue weighted by molar-refractivity contribution is -0.156. The summed E-state index contributed by atoms with van der Waals surface area (Å²) >= 11 is 0. The molecule has 0 aliphatic rings. The number of ether oxygens (including phenoxy) is 2. The fraction of sp³-hybridized carbons (Fsp3) is 0.333. The fourth-order valence-electron chi connectivity index (χ4n) is 0.909. The molecule has 0 aliphatic heterocycles. The summed E-state index contributed by atoms with van der Waals surface area (Å²) < 4.78 is 8.47. The van der Waals surface area contributed by atoms with E-state index >= 15 is 0 Å². The van der Waals surface area contributed by atoms with Crippen molar-refractivity contribution >= 4 is 17.9 Å². The van der Waals surface area contributed by atoms with Gasteiger partial charge in [-0.05, 0) is 19.1 Å². The second-order valence-electron chi connectivity index (χ2n) is 3.27. The molecule has 18 heavy (non-hydrogen) atoms. The van der Waals surface area contributed by atoms with Crippen LogP contribution in [0.25, 0.3) is 0 Å². The van der Waals surface area contributed by atoms with Crippen molar-refractivity contribution in [1.29, 1.82) is 0 Å². The van der Waals surface area contributed by atoms with E-state index in [1.807, 2.05) is 6.92 Å². The Bertz CT molecular complexity index is 413. The van der Waals surface area contributed by atoms with Gasteiger partial charge >= 0.3 is 17.9 Å². The van der Waals surface area contributed by atoms with E-state index in [9.17, 15) is 14.4 Å². The van der Waals surface area contributed by atoms with Gasteiger partial charge in [-0.25, -0.2) is 4.79 Å². The predicted octanol–water partition coefficient (Wildman–Crippen LogP) is 1.27. The molecule has 0 aromatic carbocycles. The van der Waals surface area contributed by atoms with Crippen LogP contribution >= 0.6 is 0 Å². The van der Waals surface area contributed by atoms with Crippen LogP contribution in [0, 0.1) is 6.92 Å². The van der Waals surface area contributed by atoms with Crippen molar-refractivity contribution in [2.75, 3.05) is 7.11 Å². The Kier molecular flexibility index (Phi) is 6.95. The van der Waals surface area contributed by atoms with Gasteiger partial charge in [-0.2, -0.15) is 0 Å². The van der Waals surface area contributed by atoms with Gasteiger partial charge in [0.15, 0.2) is 0 Å². The number of carbonyl (C=O) groups excluding carboxylic acids is 3. The smallest absolute Gasteiger partial charge is 0.339 e. The molecule has 98 valence electrons. The maximum absolute atomic E-state index is 10.9. The van der Waals surface area contributed by atoms with Gasteiger partial charge in [-0.15, -0.1) is 0 Å². The Balaban J connectivity index is 0.000000360. The number of rotatable bonds is 1. The summed E-state index contributed by atoms with van der Waals surface area (Å²) in [6.07, 6.45) is 1.50. The van der Waals surface area contributed by atoms with Crippen LogP contribution in [0.5, 0.6) is 0 Å². The van der Waals surface area contributed by atoms with Crippen LogP contribution in [0.3, 0.4) is 0 Å². The molecule has 0 saturated carbocycles. The van der Waals surface area contributed by atoms with Gasteiger partial charge in [0.25, 0.3) is 0 Å². The SMILES string of the molecule is CC(=O)OC(C)=O.COC(=O)c1ccc(C)nc1. The average molecular weight is 253 g/mol. The van der Waals surface area contributed by atoms with Crippen molar-refractivity contribution < 1.29 is 23.9 Å². The fourth-order valence-corrected chi connectivity index (χ4v) is 0.909. The molecule has 1 rings (SSSR count). The van der Waals surface area contributed by atoms with Crippen LogP contribution in [0.1, 0.15) is 29.9 Å². The highest BCUT2D eigenvalue weighted by Gasteiger charge is 2.03. The molecule has 1 aromatic heterocycles. The quantitative estimate of drug-likeness (QED) is 0.553. The van der Waals surface area contributed by atoms with E-state index in [0.29, 0.717) is 5.56 Å². The Hall–Kier alpha value is -2.24. The zero-order chi connectivity index (χ0) is 14.1. The van der Waals surface area contributed by atoms with Crippen LogP contribution in [0.15, 0.2) is 18.3 Å². The highest BCUT2D eigenvalue weighted by Crippen LogP contribution is 1.99. The van der Waals surface area contributed by atoms with E-state index in [1.165, 1.54) is 27.2 Å². The van der Waals surface area contributed by atoms with E-state index < -0.39 is 11.9 Å². The summed E-state index contributed by atoms with van der Waals surface area (Å²) in [5.41, 5.74) is 1.37. The lowest BCUT2D eigenvalue weighted by Crippen LogP contribution is -2.03. The molecule has 0 unspecified atom stereocenters. The first-order chi connectivity index (χ1) is 8.36. The number of esters is 3. The molecule has 0 atom stereocenters. The van der Waals surface area contributed by atoms with Crippen molar-refractivity contribution in [3.63, 3.8) is 0 Å². The number of hydrogen-bond donors (Lipinski definition) is 0. The monoisotopic (exact) mass is 253 g/mol. The second kappa shape index (κ2) is 7.94. The number of carbonyl (C=O) groups is 3. The van der Waals surface area contributed by atoms with Gasteiger partial charge in [0.05, 0.1) is 12.7 Å². The number of methoxy groups -OCH3 is 1. The molecule has 0 N–H and O–H groups in total. The van der Waals surface area contributed by atoms with E-state index in [-0.39, 0.29) is 5.97 Å². The third kappa shape index (κ3) is 7.10. The molecule has 0 bridgehead atoms. The Morgan fingerprint density at radius 3 is 1.94 bits per heavy atom. The number of pyridine rings is 1. The average Bonchev–Trinajstić information content (AvgIpc) is 2.28. The molecule has 0 amide bonds. The van der Waals surface area contributed by atoms with Gasteiger partial charge in [-0.1, -0.05) is 0 Å². The van der Waals surface area contributed by atoms with Crippen molar-refractivity contribution in [3.8, 4) is 0 Å². The van der Waals surface area contributed by atoms with Crippen molar-refractivity contribution in [3.05, 3.63) is 29.6 Å². The lowest BCUT2D eigenvalue weighted by atomic mass is 10.2.